The van der Waals surface area contributed by atoms with Crippen molar-refractivity contribution in [1.29, 1.82) is 0 Å². The van der Waals surface area contributed by atoms with Crippen LogP contribution < -0.4 is 5.76 Å². The van der Waals surface area contributed by atoms with E-state index in [1.165, 1.54) is 4.57 Å². The van der Waals surface area contributed by atoms with E-state index >= 15 is 0 Å². The number of piperidine rings is 1. The van der Waals surface area contributed by atoms with Crippen molar-refractivity contribution < 1.29 is 18.7 Å². The van der Waals surface area contributed by atoms with Gasteiger partial charge in [0.25, 0.3) is 5.91 Å². The number of para-hydroxylation sites is 2. The third-order valence-corrected chi connectivity index (χ3v) is 4.95. The number of fused-ring (bicyclic) bond motifs is 1. The predicted octanol–water partition coefficient (Wildman–Crippen LogP) is 2.32. The van der Waals surface area contributed by atoms with Gasteiger partial charge >= 0.3 is 11.7 Å². The Morgan fingerprint density at radius 3 is 2.62 bits per heavy atom. The maximum Gasteiger partial charge on any atom is 0.419 e. The molecule has 0 aliphatic carbocycles. The Labute approximate surface area is 151 Å². The van der Waals surface area contributed by atoms with E-state index in [-0.39, 0.29) is 37.6 Å². The number of aryl methyl sites for hydroxylation is 1. The van der Waals surface area contributed by atoms with Crippen molar-refractivity contribution in [3.63, 3.8) is 0 Å². The molecule has 0 spiro atoms. The quantitative estimate of drug-likeness (QED) is 0.764. The first-order valence-corrected chi connectivity index (χ1v) is 9.02. The molecule has 1 saturated heterocycles. The van der Waals surface area contributed by atoms with Gasteiger partial charge in [-0.25, -0.2) is 4.79 Å². The number of carbonyl (C=O) groups is 2. The number of aromatic nitrogens is 1. The van der Waals surface area contributed by atoms with Crippen LogP contribution >= 0.6 is 0 Å². The second-order valence-corrected chi connectivity index (χ2v) is 6.83. The second-order valence-electron chi connectivity index (χ2n) is 6.83. The minimum atomic E-state index is -0.508. The lowest BCUT2D eigenvalue weighted by molar-refractivity contribution is -0.155. The molecule has 2 aromatic rings. The van der Waals surface area contributed by atoms with Gasteiger partial charge in [0.15, 0.2) is 12.2 Å². The molecule has 3 rings (SSSR count). The van der Waals surface area contributed by atoms with Gasteiger partial charge in [-0.05, 0) is 45.2 Å². The SMILES string of the molecule is C[C@@H]1CCC[C@H](C)N1C(=O)COC(=O)CCn1c(=O)oc2ccccc21. The molecule has 1 aromatic heterocycles. The summed E-state index contributed by atoms with van der Waals surface area (Å²) in [5.74, 6) is -1.18. The van der Waals surface area contributed by atoms with Gasteiger partial charge < -0.3 is 14.1 Å². The molecular formula is C19H24N2O5. The number of carbonyl (C=O) groups excluding carboxylic acids is 2. The Kier molecular flexibility index (Phi) is 5.44. The highest BCUT2D eigenvalue weighted by atomic mass is 16.5. The summed E-state index contributed by atoms with van der Waals surface area (Å²) in [6, 6.07) is 7.37. The summed E-state index contributed by atoms with van der Waals surface area (Å²) >= 11 is 0. The summed E-state index contributed by atoms with van der Waals surface area (Å²) in [5, 5.41) is 0. The van der Waals surface area contributed by atoms with Gasteiger partial charge in [-0.1, -0.05) is 12.1 Å². The zero-order valence-corrected chi connectivity index (χ0v) is 15.1. The fourth-order valence-electron chi connectivity index (χ4n) is 3.63. The number of oxazole rings is 1. The van der Waals surface area contributed by atoms with Crippen LogP contribution in [0.4, 0.5) is 0 Å². The Morgan fingerprint density at radius 1 is 1.19 bits per heavy atom. The van der Waals surface area contributed by atoms with Gasteiger partial charge in [0.05, 0.1) is 11.9 Å². The molecule has 140 valence electrons. The van der Waals surface area contributed by atoms with Crippen LogP contribution in [0.1, 0.15) is 39.5 Å². The van der Waals surface area contributed by atoms with Crippen molar-refractivity contribution in [2.45, 2.75) is 58.2 Å². The van der Waals surface area contributed by atoms with E-state index in [0.717, 1.165) is 19.3 Å². The van der Waals surface area contributed by atoms with E-state index in [4.69, 9.17) is 9.15 Å². The maximum atomic E-state index is 12.4. The first-order valence-electron chi connectivity index (χ1n) is 9.02. The van der Waals surface area contributed by atoms with Crippen molar-refractivity contribution in [1.82, 2.24) is 9.47 Å². The molecule has 2 atom stereocenters. The summed E-state index contributed by atoms with van der Waals surface area (Å²) in [6.45, 7) is 3.94. The van der Waals surface area contributed by atoms with Gasteiger partial charge in [-0.2, -0.15) is 0 Å². The number of benzene rings is 1. The summed E-state index contributed by atoms with van der Waals surface area (Å²) < 4.78 is 11.7. The summed E-state index contributed by atoms with van der Waals surface area (Å²) in [6.07, 6.45) is 3.06. The molecule has 0 saturated carbocycles. The summed E-state index contributed by atoms with van der Waals surface area (Å²) in [4.78, 5) is 38.1. The lowest BCUT2D eigenvalue weighted by Gasteiger charge is -2.38. The van der Waals surface area contributed by atoms with Crippen molar-refractivity contribution in [2.75, 3.05) is 6.61 Å². The highest BCUT2D eigenvalue weighted by Crippen LogP contribution is 2.22. The summed E-state index contributed by atoms with van der Waals surface area (Å²) in [5.41, 5.74) is 1.12. The molecule has 1 amide bonds. The van der Waals surface area contributed by atoms with E-state index in [0.29, 0.717) is 11.1 Å². The molecule has 7 heteroatoms. The largest absolute Gasteiger partial charge is 0.456 e. The van der Waals surface area contributed by atoms with Crippen LogP contribution in [-0.2, 0) is 20.9 Å². The van der Waals surface area contributed by atoms with Gasteiger partial charge in [-0.15, -0.1) is 0 Å². The fourth-order valence-corrected chi connectivity index (χ4v) is 3.63. The smallest absolute Gasteiger partial charge is 0.419 e. The van der Waals surface area contributed by atoms with Gasteiger partial charge in [-0.3, -0.25) is 14.2 Å². The van der Waals surface area contributed by atoms with E-state index in [1.807, 2.05) is 18.7 Å². The molecule has 1 aromatic carbocycles. The second kappa shape index (κ2) is 7.76. The first kappa shape index (κ1) is 18.2. The molecule has 2 heterocycles. The van der Waals surface area contributed by atoms with E-state index < -0.39 is 11.7 Å². The number of nitrogens with zero attached hydrogens (tertiary/aromatic N) is 2. The molecule has 7 nitrogen and oxygen atoms in total. The molecule has 0 radical (unpaired) electrons. The zero-order valence-electron chi connectivity index (χ0n) is 15.1. The number of rotatable bonds is 5. The number of ether oxygens (including phenoxy) is 1. The number of hydrogen-bond acceptors (Lipinski definition) is 5. The Balaban J connectivity index is 1.53. The van der Waals surface area contributed by atoms with E-state index in [9.17, 15) is 14.4 Å². The van der Waals surface area contributed by atoms with Crippen LogP contribution in [0.3, 0.4) is 0 Å². The Hall–Kier alpha value is -2.57. The third-order valence-electron chi connectivity index (χ3n) is 4.95. The molecule has 26 heavy (non-hydrogen) atoms. The normalized spacial score (nSPS) is 20.3. The zero-order chi connectivity index (χ0) is 18.7. The number of likely N-dealkylation sites (tertiary alicyclic amines) is 1. The fraction of sp³-hybridized carbons (Fsp3) is 0.526. The average molecular weight is 360 g/mol. The number of esters is 1. The van der Waals surface area contributed by atoms with Crippen LogP contribution in [-0.4, -0.2) is 40.0 Å². The lowest BCUT2D eigenvalue weighted by atomic mass is 9.97. The topological polar surface area (TPSA) is 81.8 Å². The number of hydrogen-bond donors (Lipinski definition) is 0. The Bertz CT molecular complexity index is 843. The van der Waals surface area contributed by atoms with Gasteiger partial charge in [0.2, 0.25) is 0 Å². The van der Waals surface area contributed by atoms with E-state index in [2.05, 4.69) is 0 Å². The summed E-state index contributed by atoms with van der Waals surface area (Å²) in [7, 11) is 0. The van der Waals surface area contributed by atoms with Crippen LogP contribution in [0, 0.1) is 0 Å². The van der Waals surface area contributed by atoms with Gasteiger partial charge in [0.1, 0.15) is 0 Å². The number of amides is 1. The van der Waals surface area contributed by atoms with E-state index in [1.54, 1.807) is 24.3 Å². The molecule has 1 fully saturated rings. The molecule has 0 unspecified atom stereocenters. The average Bonchev–Trinajstić information content (AvgIpc) is 2.93. The first-order chi connectivity index (χ1) is 12.5. The maximum absolute atomic E-state index is 12.4. The minimum Gasteiger partial charge on any atom is -0.456 e. The van der Waals surface area contributed by atoms with Crippen LogP contribution in [0.25, 0.3) is 11.1 Å². The molecule has 1 aliphatic heterocycles. The van der Waals surface area contributed by atoms with Crippen molar-refractivity contribution in [2.24, 2.45) is 0 Å². The minimum absolute atomic E-state index is 0.00181. The standard InChI is InChI=1S/C19H24N2O5/c1-13-6-5-7-14(2)21(13)17(22)12-25-18(23)10-11-20-15-8-3-4-9-16(15)26-19(20)24/h3-4,8-9,13-14H,5-7,10-12H2,1-2H3/t13-,14+. The van der Waals surface area contributed by atoms with Gasteiger partial charge in [0, 0.05) is 18.6 Å². The highest BCUT2D eigenvalue weighted by Gasteiger charge is 2.29. The van der Waals surface area contributed by atoms with Crippen LogP contribution in [0.2, 0.25) is 0 Å². The third kappa shape index (κ3) is 3.81. The van der Waals surface area contributed by atoms with Crippen LogP contribution in [0.15, 0.2) is 33.5 Å². The lowest BCUT2D eigenvalue weighted by Crippen LogP contribution is -2.49. The highest BCUT2D eigenvalue weighted by molar-refractivity contribution is 5.81. The molecule has 1 aliphatic rings. The molecular weight excluding hydrogens is 336 g/mol. The molecule has 0 bridgehead atoms. The predicted molar refractivity (Wildman–Crippen MR) is 95.7 cm³/mol. The van der Waals surface area contributed by atoms with Crippen LogP contribution in [0.5, 0.6) is 0 Å². The monoisotopic (exact) mass is 360 g/mol. The van der Waals surface area contributed by atoms with Crippen molar-refractivity contribution >= 4 is 23.0 Å². The van der Waals surface area contributed by atoms with Crippen molar-refractivity contribution in [3.05, 3.63) is 34.8 Å². The van der Waals surface area contributed by atoms with Crippen molar-refractivity contribution in [3.8, 4) is 0 Å². The Morgan fingerprint density at radius 2 is 1.88 bits per heavy atom. The molecule has 0 N–H and O–H groups in total.